The summed E-state index contributed by atoms with van der Waals surface area (Å²) in [6, 6.07) is 12.3. The van der Waals surface area contributed by atoms with E-state index in [1.165, 1.54) is 35.5 Å². The van der Waals surface area contributed by atoms with Crippen LogP contribution in [-0.4, -0.2) is 70.3 Å². The molecule has 2 amide bonds. The molecule has 178 valence electrons. The number of hydrogen-bond donors (Lipinski definition) is 2. The van der Waals surface area contributed by atoms with E-state index in [9.17, 15) is 26.4 Å². The van der Waals surface area contributed by atoms with E-state index < -0.39 is 26.0 Å². The second kappa shape index (κ2) is 9.89. The highest BCUT2D eigenvalue weighted by molar-refractivity contribution is 7.92. The average molecular weight is 495 g/mol. The zero-order chi connectivity index (χ0) is 24.2. The molecule has 2 aromatic carbocycles. The van der Waals surface area contributed by atoms with Gasteiger partial charge in [0.1, 0.15) is 0 Å². The third-order valence-electron chi connectivity index (χ3n) is 5.19. The molecule has 1 saturated heterocycles. The lowest BCUT2D eigenvalue weighted by molar-refractivity contribution is -0.129. The van der Waals surface area contributed by atoms with E-state index in [1.807, 2.05) is 0 Å². The SMILES string of the molecule is CC(=O)N1CCN(S(=O)(=O)c2ccc(C(=O)NCc3ccccc3NS(C)(=O)=O)cc2)CC1. The number of carbonyl (C=O) groups excluding carboxylic acids is 2. The Morgan fingerprint density at radius 2 is 1.52 bits per heavy atom. The van der Waals surface area contributed by atoms with Gasteiger partial charge in [-0.25, -0.2) is 16.8 Å². The minimum absolute atomic E-state index is 0.0676. The van der Waals surface area contributed by atoms with Crippen molar-refractivity contribution in [2.24, 2.45) is 0 Å². The van der Waals surface area contributed by atoms with Gasteiger partial charge in [-0.1, -0.05) is 18.2 Å². The minimum atomic E-state index is -3.73. The predicted molar refractivity (Wildman–Crippen MR) is 124 cm³/mol. The van der Waals surface area contributed by atoms with Crippen LogP contribution in [0.5, 0.6) is 0 Å². The molecule has 0 atom stereocenters. The first kappa shape index (κ1) is 24.7. The van der Waals surface area contributed by atoms with Gasteiger partial charge < -0.3 is 10.2 Å². The summed E-state index contributed by atoms with van der Waals surface area (Å²) < 4.78 is 52.5. The molecule has 2 N–H and O–H groups in total. The van der Waals surface area contributed by atoms with Crippen molar-refractivity contribution in [2.45, 2.75) is 18.4 Å². The normalized spacial score (nSPS) is 15.2. The van der Waals surface area contributed by atoms with Crippen molar-refractivity contribution < 1.29 is 26.4 Å². The number of hydrogen-bond acceptors (Lipinski definition) is 6. The maximum atomic E-state index is 12.9. The number of para-hydroxylation sites is 1. The third kappa shape index (κ3) is 6.30. The van der Waals surface area contributed by atoms with Gasteiger partial charge in [0, 0.05) is 45.2 Å². The number of rotatable bonds is 7. The number of sulfonamides is 2. The molecule has 1 heterocycles. The second-order valence-electron chi connectivity index (χ2n) is 7.65. The van der Waals surface area contributed by atoms with Crippen molar-refractivity contribution in [3.63, 3.8) is 0 Å². The molecule has 0 radical (unpaired) electrons. The summed E-state index contributed by atoms with van der Waals surface area (Å²) in [5, 5.41) is 2.71. The molecule has 0 aromatic heterocycles. The largest absolute Gasteiger partial charge is 0.348 e. The Morgan fingerprint density at radius 1 is 0.909 bits per heavy atom. The van der Waals surface area contributed by atoms with Gasteiger partial charge in [-0.05, 0) is 35.9 Å². The average Bonchev–Trinajstić information content (AvgIpc) is 2.77. The van der Waals surface area contributed by atoms with Crippen molar-refractivity contribution in [1.82, 2.24) is 14.5 Å². The molecule has 0 bridgehead atoms. The van der Waals surface area contributed by atoms with Gasteiger partial charge in [-0.2, -0.15) is 4.31 Å². The maximum absolute atomic E-state index is 12.9. The number of carbonyl (C=O) groups is 2. The quantitative estimate of drug-likeness (QED) is 0.586. The third-order valence-corrected chi connectivity index (χ3v) is 7.69. The van der Waals surface area contributed by atoms with Gasteiger partial charge in [0.25, 0.3) is 5.91 Å². The van der Waals surface area contributed by atoms with Crippen molar-refractivity contribution in [3.05, 3.63) is 59.7 Å². The van der Waals surface area contributed by atoms with Gasteiger partial charge in [-0.3, -0.25) is 14.3 Å². The van der Waals surface area contributed by atoms with Crippen LogP contribution >= 0.6 is 0 Å². The molecule has 0 unspecified atom stereocenters. The van der Waals surface area contributed by atoms with Crippen molar-refractivity contribution in [3.8, 4) is 0 Å². The topological polar surface area (TPSA) is 133 Å². The highest BCUT2D eigenvalue weighted by atomic mass is 32.2. The van der Waals surface area contributed by atoms with Crippen molar-refractivity contribution >= 4 is 37.5 Å². The van der Waals surface area contributed by atoms with Crippen LogP contribution in [0.15, 0.2) is 53.4 Å². The Hall–Kier alpha value is -2.96. The fourth-order valence-corrected chi connectivity index (χ4v) is 5.44. The lowest BCUT2D eigenvalue weighted by Crippen LogP contribution is -2.49. The van der Waals surface area contributed by atoms with Gasteiger partial charge in [0.2, 0.25) is 26.0 Å². The fourth-order valence-electron chi connectivity index (χ4n) is 3.42. The van der Waals surface area contributed by atoms with Crippen LogP contribution in [0.4, 0.5) is 5.69 Å². The number of benzene rings is 2. The monoisotopic (exact) mass is 494 g/mol. The lowest BCUT2D eigenvalue weighted by atomic mass is 10.1. The Morgan fingerprint density at radius 3 is 2.09 bits per heavy atom. The number of nitrogens with zero attached hydrogens (tertiary/aromatic N) is 2. The first-order valence-electron chi connectivity index (χ1n) is 10.2. The molecule has 33 heavy (non-hydrogen) atoms. The highest BCUT2D eigenvalue weighted by Crippen LogP contribution is 2.19. The van der Waals surface area contributed by atoms with E-state index in [1.54, 1.807) is 29.2 Å². The van der Waals surface area contributed by atoms with E-state index in [2.05, 4.69) is 10.0 Å². The van der Waals surface area contributed by atoms with Gasteiger partial charge in [-0.15, -0.1) is 0 Å². The number of piperazine rings is 1. The van der Waals surface area contributed by atoms with Gasteiger partial charge in [0.15, 0.2) is 0 Å². The maximum Gasteiger partial charge on any atom is 0.251 e. The Labute approximate surface area is 193 Å². The fraction of sp³-hybridized carbons (Fsp3) is 0.333. The van der Waals surface area contributed by atoms with Crippen LogP contribution in [0.2, 0.25) is 0 Å². The Bertz CT molecular complexity index is 1240. The molecular weight excluding hydrogens is 468 g/mol. The van der Waals surface area contributed by atoms with E-state index in [-0.39, 0.29) is 36.0 Å². The minimum Gasteiger partial charge on any atom is -0.348 e. The van der Waals surface area contributed by atoms with E-state index in [0.717, 1.165) is 6.26 Å². The number of nitrogens with one attached hydrogen (secondary N) is 2. The van der Waals surface area contributed by atoms with Crippen LogP contribution in [0.3, 0.4) is 0 Å². The summed E-state index contributed by atoms with van der Waals surface area (Å²) in [6.45, 7) is 2.64. The molecule has 10 nitrogen and oxygen atoms in total. The molecule has 1 aliphatic heterocycles. The van der Waals surface area contributed by atoms with Crippen molar-refractivity contribution in [2.75, 3.05) is 37.2 Å². The Balaban J connectivity index is 1.65. The lowest BCUT2D eigenvalue weighted by Gasteiger charge is -2.33. The molecule has 12 heteroatoms. The molecule has 2 aromatic rings. The van der Waals surface area contributed by atoms with Crippen molar-refractivity contribution in [1.29, 1.82) is 0 Å². The summed E-state index contributed by atoms with van der Waals surface area (Å²) >= 11 is 0. The van der Waals surface area contributed by atoms with Crippen LogP contribution < -0.4 is 10.0 Å². The number of amides is 2. The smallest absolute Gasteiger partial charge is 0.251 e. The molecule has 1 aliphatic rings. The summed E-state index contributed by atoms with van der Waals surface area (Å²) in [4.78, 5) is 25.6. The predicted octanol–water partition coefficient (Wildman–Crippen LogP) is 0.841. The number of anilines is 1. The summed E-state index contributed by atoms with van der Waals surface area (Å²) in [7, 11) is -7.20. The summed E-state index contributed by atoms with van der Waals surface area (Å²) in [5.74, 6) is -0.514. The molecule has 0 aliphatic carbocycles. The molecule has 1 fully saturated rings. The molecule has 0 spiro atoms. The first-order valence-corrected chi connectivity index (χ1v) is 13.5. The van der Waals surface area contributed by atoms with Crippen LogP contribution in [0, 0.1) is 0 Å². The standard InChI is InChI=1S/C21H26N4O6S2/c1-16(26)24-11-13-25(14-12-24)33(30,31)19-9-7-17(8-10-19)21(27)22-15-18-5-3-4-6-20(18)23-32(2,28)29/h3-10,23H,11-15H2,1-2H3,(H,22,27). The van der Waals surface area contributed by atoms with E-state index in [0.29, 0.717) is 24.3 Å². The molecule has 3 rings (SSSR count). The highest BCUT2D eigenvalue weighted by Gasteiger charge is 2.29. The molecular formula is C21H26N4O6S2. The summed E-state index contributed by atoms with van der Waals surface area (Å²) in [5.41, 5.74) is 1.22. The zero-order valence-corrected chi connectivity index (χ0v) is 19.9. The first-order chi connectivity index (χ1) is 15.5. The molecule has 0 saturated carbocycles. The van der Waals surface area contributed by atoms with Crippen LogP contribution in [0.1, 0.15) is 22.8 Å². The summed E-state index contributed by atoms with van der Waals surface area (Å²) in [6.07, 6.45) is 1.04. The second-order valence-corrected chi connectivity index (χ2v) is 11.3. The zero-order valence-electron chi connectivity index (χ0n) is 18.3. The Kier molecular flexibility index (Phi) is 7.40. The van der Waals surface area contributed by atoms with E-state index in [4.69, 9.17) is 0 Å². The van der Waals surface area contributed by atoms with Crippen LogP contribution in [0.25, 0.3) is 0 Å². The van der Waals surface area contributed by atoms with Gasteiger partial charge >= 0.3 is 0 Å². The van der Waals surface area contributed by atoms with E-state index >= 15 is 0 Å². The van der Waals surface area contributed by atoms with Crippen LogP contribution in [-0.2, 0) is 31.4 Å². The van der Waals surface area contributed by atoms with Gasteiger partial charge in [0.05, 0.1) is 16.8 Å².